The van der Waals surface area contributed by atoms with Crippen molar-refractivity contribution in [3.63, 3.8) is 0 Å². The molecule has 0 aliphatic rings. The highest BCUT2D eigenvalue weighted by molar-refractivity contribution is 5.81. The van der Waals surface area contributed by atoms with Crippen molar-refractivity contribution in [2.45, 2.75) is 40.8 Å². The highest BCUT2D eigenvalue weighted by Gasteiger charge is 2.27. The van der Waals surface area contributed by atoms with Crippen LogP contribution in [-0.2, 0) is 17.9 Å². The molecule has 24 heavy (non-hydrogen) atoms. The number of aryl methyl sites for hydroxylation is 1. The van der Waals surface area contributed by atoms with Gasteiger partial charge in [0, 0.05) is 30.4 Å². The molecular weight excluding hydrogens is 296 g/mol. The average molecular weight is 324 g/mol. The van der Waals surface area contributed by atoms with Crippen molar-refractivity contribution in [3.05, 3.63) is 72.1 Å². The molecule has 1 aromatic carbocycles. The Balaban J connectivity index is 2.21. The molecule has 0 spiro atoms. The van der Waals surface area contributed by atoms with Crippen LogP contribution in [0.3, 0.4) is 0 Å². The van der Waals surface area contributed by atoms with E-state index in [2.05, 4.69) is 54.6 Å². The average Bonchev–Trinajstić information content (AvgIpc) is 2.94. The second-order valence-corrected chi connectivity index (χ2v) is 7.28. The van der Waals surface area contributed by atoms with Crippen LogP contribution < -0.4 is 0 Å². The Morgan fingerprint density at radius 3 is 2.54 bits per heavy atom. The van der Waals surface area contributed by atoms with Crippen molar-refractivity contribution >= 4 is 5.91 Å². The maximum atomic E-state index is 12.7. The highest BCUT2D eigenvalue weighted by Crippen LogP contribution is 2.20. The molecule has 3 nitrogen and oxygen atoms in total. The Morgan fingerprint density at radius 1 is 1.21 bits per heavy atom. The summed E-state index contributed by atoms with van der Waals surface area (Å²) in [6.45, 7) is 13.8. The summed E-state index contributed by atoms with van der Waals surface area (Å²) in [4.78, 5) is 14.5. The first-order chi connectivity index (χ1) is 11.3. The zero-order valence-corrected chi connectivity index (χ0v) is 15.2. The van der Waals surface area contributed by atoms with Crippen molar-refractivity contribution in [1.82, 2.24) is 9.47 Å². The van der Waals surface area contributed by atoms with Gasteiger partial charge in [-0.25, -0.2) is 0 Å². The summed E-state index contributed by atoms with van der Waals surface area (Å²) in [6, 6.07) is 12.5. The summed E-state index contributed by atoms with van der Waals surface area (Å²) in [7, 11) is 0. The lowest BCUT2D eigenvalue weighted by atomic mass is 9.94. The number of benzene rings is 1. The zero-order valence-electron chi connectivity index (χ0n) is 15.2. The van der Waals surface area contributed by atoms with E-state index in [1.165, 1.54) is 11.1 Å². The largest absolute Gasteiger partial charge is 0.345 e. The van der Waals surface area contributed by atoms with Crippen LogP contribution in [0, 0.1) is 12.3 Å². The molecule has 0 atom stereocenters. The van der Waals surface area contributed by atoms with E-state index in [0.29, 0.717) is 13.1 Å². The summed E-state index contributed by atoms with van der Waals surface area (Å²) >= 11 is 0. The van der Waals surface area contributed by atoms with Crippen molar-refractivity contribution in [1.29, 1.82) is 0 Å². The lowest BCUT2D eigenvalue weighted by Gasteiger charge is -2.29. The number of aromatic nitrogens is 1. The summed E-state index contributed by atoms with van der Waals surface area (Å²) < 4.78 is 2.22. The van der Waals surface area contributed by atoms with Crippen LogP contribution in [0.5, 0.6) is 0 Å². The molecule has 2 aromatic rings. The van der Waals surface area contributed by atoms with Crippen LogP contribution >= 0.6 is 0 Å². The van der Waals surface area contributed by atoms with E-state index >= 15 is 0 Å². The molecule has 0 N–H and O–H groups in total. The van der Waals surface area contributed by atoms with Crippen molar-refractivity contribution in [2.75, 3.05) is 6.54 Å². The monoisotopic (exact) mass is 324 g/mol. The molecule has 3 heteroatoms. The van der Waals surface area contributed by atoms with Gasteiger partial charge in [-0.1, -0.05) is 51.1 Å². The third-order valence-electron chi connectivity index (χ3n) is 4.16. The van der Waals surface area contributed by atoms with Crippen LogP contribution in [-0.4, -0.2) is 21.9 Å². The van der Waals surface area contributed by atoms with Crippen LogP contribution in [0.4, 0.5) is 0 Å². The van der Waals surface area contributed by atoms with Gasteiger partial charge in [0.2, 0.25) is 5.91 Å². The van der Waals surface area contributed by atoms with Gasteiger partial charge < -0.3 is 9.47 Å². The molecule has 1 amide bonds. The molecule has 0 radical (unpaired) electrons. The van der Waals surface area contributed by atoms with Gasteiger partial charge in [-0.3, -0.25) is 4.79 Å². The lowest BCUT2D eigenvalue weighted by Crippen LogP contribution is -2.39. The minimum Gasteiger partial charge on any atom is -0.345 e. The smallest absolute Gasteiger partial charge is 0.228 e. The van der Waals surface area contributed by atoms with E-state index in [1.807, 2.05) is 31.7 Å². The van der Waals surface area contributed by atoms with E-state index < -0.39 is 5.41 Å². The Labute approximate surface area is 145 Å². The van der Waals surface area contributed by atoms with Crippen LogP contribution in [0.1, 0.15) is 37.6 Å². The van der Waals surface area contributed by atoms with Gasteiger partial charge >= 0.3 is 0 Å². The maximum Gasteiger partial charge on any atom is 0.228 e. The van der Waals surface area contributed by atoms with Gasteiger partial charge in [-0.15, -0.1) is 6.58 Å². The SMILES string of the molecule is C=CCN(Cc1cccn1Cc1ccccc1C)C(=O)C(C)(C)C. The minimum absolute atomic E-state index is 0.144. The summed E-state index contributed by atoms with van der Waals surface area (Å²) in [5.74, 6) is 0.144. The first kappa shape index (κ1) is 18.1. The molecule has 0 aliphatic heterocycles. The van der Waals surface area contributed by atoms with E-state index in [1.54, 1.807) is 6.08 Å². The van der Waals surface area contributed by atoms with E-state index in [0.717, 1.165) is 12.2 Å². The standard InChI is InChI=1S/C21H28N2O/c1-6-13-23(20(24)21(3,4)5)16-19-12-9-14-22(19)15-18-11-8-7-10-17(18)2/h6-12,14H,1,13,15-16H2,2-5H3. The quantitative estimate of drug-likeness (QED) is 0.723. The Kier molecular flexibility index (Phi) is 5.66. The summed E-state index contributed by atoms with van der Waals surface area (Å²) in [6.07, 6.45) is 3.87. The molecule has 128 valence electrons. The van der Waals surface area contributed by atoms with E-state index in [4.69, 9.17) is 0 Å². The molecule has 2 rings (SSSR count). The fourth-order valence-electron chi connectivity index (χ4n) is 2.76. The summed E-state index contributed by atoms with van der Waals surface area (Å²) in [5, 5.41) is 0. The van der Waals surface area contributed by atoms with Gasteiger partial charge in [-0.05, 0) is 30.2 Å². The van der Waals surface area contributed by atoms with Crippen LogP contribution in [0.2, 0.25) is 0 Å². The number of hydrogen-bond acceptors (Lipinski definition) is 1. The number of rotatable bonds is 6. The Morgan fingerprint density at radius 2 is 1.92 bits per heavy atom. The van der Waals surface area contributed by atoms with Crippen molar-refractivity contribution in [3.8, 4) is 0 Å². The molecule has 0 saturated heterocycles. The minimum atomic E-state index is -0.392. The third-order valence-corrected chi connectivity index (χ3v) is 4.16. The van der Waals surface area contributed by atoms with Gasteiger partial charge in [-0.2, -0.15) is 0 Å². The lowest BCUT2D eigenvalue weighted by molar-refractivity contribution is -0.139. The molecule has 0 unspecified atom stereocenters. The van der Waals surface area contributed by atoms with Crippen molar-refractivity contribution in [2.24, 2.45) is 5.41 Å². The maximum absolute atomic E-state index is 12.7. The second-order valence-electron chi connectivity index (χ2n) is 7.28. The predicted octanol–water partition coefficient (Wildman–Crippen LogP) is 4.41. The first-order valence-corrected chi connectivity index (χ1v) is 8.41. The van der Waals surface area contributed by atoms with Crippen LogP contribution in [0.25, 0.3) is 0 Å². The number of hydrogen-bond donors (Lipinski definition) is 0. The molecular formula is C21H28N2O. The van der Waals surface area contributed by atoms with Crippen LogP contribution in [0.15, 0.2) is 55.3 Å². The highest BCUT2D eigenvalue weighted by atomic mass is 16.2. The number of carbonyl (C=O) groups is 1. The van der Waals surface area contributed by atoms with Gasteiger partial charge in [0.25, 0.3) is 0 Å². The Hall–Kier alpha value is -2.29. The predicted molar refractivity (Wildman–Crippen MR) is 99.8 cm³/mol. The van der Waals surface area contributed by atoms with Gasteiger partial charge in [0.15, 0.2) is 0 Å². The second kappa shape index (κ2) is 7.52. The van der Waals surface area contributed by atoms with E-state index in [9.17, 15) is 4.79 Å². The fraction of sp³-hybridized carbons (Fsp3) is 0.381. The Bertz CT molecular complexity index is 707. The molecule has 0 fully saturated rings. The fourth-order valence-corrected chi connectivity index (χ4v) is 2.76. The van der Waals surface area contributed by atoms with Gasteiger partial charge in [0.1, 0.15) is 0 Å². The molecule has 1 aromatic heterocycles. The zero-order chi connectivity index (χ0) is 17.7. The van der Waals surface area contributed by atoms with E-state index in [-0.39, 0.29) is 5.91 Å². The third kappa shape index (κ3) is 4.38. The topological polar surface area (TPSA) is 25.2 Å². The number of amides is 1. The molecule has 0 aliphatic carbocycles. The normalized spacial score (nSPS) is 11.3. The molecule has 0 bridgehead atoms. The van der Waals surface area contributed by atoms with Gasteiger partial charge in [0.05, 0.1) is 6.54 Å². The molecule has 1 heterocycles. The number of carbonyl (C=O) groups excluding carboxylic acids is 1. The summed E-state index contributed by atoms with van der Waals surface area (Å²) in [5.41, 5.74) is 3.33. The number of nitrogens with zero attached hydrogens (tertiary/aromatic N) is 2. The first-order valence-electron chi connectivity index (χ1n) is 8.41. The van der Waals surface area contributed by atoms with Crippen molar-refractivity contribution < 1.29 is 4.79 Å². The molecule has 0 saturated carbocycles.